The summed E-state index contributed by atoms with van der Waals surface area (Å²) in [6, 6.07) is 5.64. The number of carbonyl (C=O) groups is 1. The van der Waals surface area contributed by atoms with Crippen LogP contribution in [0.4, 0.5) is 5.69 Å². The first kappa shape index (κ1) is 16.9. The van der Waals surface area contributed by atoms with Gasteiger partial charge in [-0.15, -0.1) is 0 Å². The number of nitrogens with zero attached hydrogens (tertiary/aromatic N) is 1. The van der Waals surface area contributed by atoms with Crippen molar-refractivity contribution in [3.8, 4) is 0 Å². The lowest BCUT2D eigenvalue weighted by Crippen LogP contribution is -2.47. The smallest absolute Gasteiger partial charge is 0.225 e. The second-order valence-electron chi connectivity index (χ2n) is 5.56. The zero-order valence-corrected chi connectivity index (χ0v) is 13.9. The van der Waals surface area contributed by atoms with Gasteiger partial charge in [0.05, 0.1) is 5.75 Å². The van der Waals surface area contributed by atoms with Crippen molar-refractivity contribution in [2.45, 2.75) is 20.3 Å². The summed E-state index contributed by atoms with van der Waals surface area (Å²) in [6.45, 7) is 6.24. The van der Waals surface area contributed by atoms with Crippen molar-refractivity contribution in [2.24, 2.45) is 0 Å². The van der Waals surface area contributed by atoms with Crippen LogP contribution >= 0.6 is 0 Å². The molecule has 1 saturated heterocycles. The molecule has 0 bridgehead atoms. The van der Waals surface area contributed by atoms with Crippen LogP contribution in [-0.2, 0) is 14.8 Å². The third-order valence-electron chi connectivity index (χ3n) is 3.85. The summed E-state index contributed by atoms with van der Waals surface area (Å²) in [7, 11) is -3.35. The van der Waals surface area contributed by atoms with E-state index in [9.17, 15) is 13.2 Å². The molecule has 0 saturated carbocycles. The molecule has 1 heterocycles. The Balaban J connectivity index is 1.87. The van der Waals surface area contributed by atoms with E-state index in [2.05, 4.69) is 10.6 Å². The molecule has 0 radical (unpaired) electrons. The Morgan fingerprint density at radius 2 is 1.91 bits per heavy atom. The molecule has 1 fully saturated rings. The fourth-order valence-corrected chi connectivity index (χ4v) is 3.76. The summed E-state index contributed by atoms with van der Waals surface area (Å²) in [6.07, 6.45) is -0.0286. The highest BCUT2D eigenvalue weighted by Gasteiger charge is 2.24. The fraction of sp³-hybridized carbons (Fsp3) is 0.533. The largest absolute Gasteiger partial charge is 0.326 e. The average molecular weight is 325 g/mol. The fourth-order valence-electron chi connectivity index (χ4n) is 2.32. The molecule has 0 atom stereocenters. The molecule has 22 heavy (non-hydrogen) atoms. The third kappa shape index (κ3) is 4.53. The van der Waals surface area contributed by atoms with Gasteiger partial charge in [0.2, 0.25) is 15.9 Å². The van der Waals surface area contributed by atoms with Crippen LogP contribution in [-0.4, -0.2) is 50.6 Å². The lowest BCUT2D eigenvalue weighted by atomic mass is 10.1. The molecule has 1 amide bonds. The van der Waals surface area contributed by atoms with Crippen molar-refractivity contribution in [3.05, 3.63) is 29.3 Å². The molecule has 0 unspecified atom stereocenters. The minimum absolute atomic E-state index is 0.0286. The van der Waals surface area contributed by atoms with Crippen LogP contribution in [0.15, 0.2) is 18.2 Å². The van der Waals surface area contributed by atoms with Gasteiger partial charge >= 0.3 is 0 Å². The van der Waals surface area contributed by atoms with Gasteiger partial charge < -0.3 is 10.6 Å². The number of piperazine rings is 1. The van der Waals surface area contributed by atoms with Crippen LogP contribution in [0.1, 0.15) is 17.5 Å². The van der Waals surface area contributed by atoms with Gasteiger partial charge in [0.25, 0.3) is 0 Å². The number of sulfonamides is 1. The summed E-state index contributed by atoms with van der Waals surface area (Å²) in [5.74, 6) is -0.425. The Bertz CT molecular complexity index is 637. The number of hydrogen-bond acceptors (Lipinski definition) is 4. The average Bonchev–Trinajstić information content (AvgIpc) is 2.50. The molecule has 1 aromatic carbocycles. The van der Waals surface area contributed by atoms with Crippen LogP contribution in [0, 0.1) is 13.8 Å². The van der Waals surface area contributed by atoms with Crippen LogP contribution in [0.2, 0.25) is 0 Å². The Labute approximate surface area is 131 Å². The van der Waals surface area contributed by atoms with Gasteiger partial charge in [-0.1, -0.05) is 6.07 Å². The van der Waals surface area contributed by atoms with E-state index in [1.54, 1.807) is 0 Å². The summed E-state index contributed by atoms with van der Waals surface area (Å²) < 4.78 is 25.8. The maximum Gasteiger partial charge on any atom is 0.225 e. The lowest BCUT2D eigenvalue weighted by molar-refractivity contribution is -0.115. The van der Waals surface area contributed by atoms with Crippen LogP contribution < -0.4 is 10.6 Å². The number of amides is 1. The molecule has 1 aromatic rings. The number of rotatable bonds is 5. The molecule has 2 N–H and O–H groups in total. The van der Waals surface area contributed by atoms with Gasteiger partial charge in [0.15, 0.2) is 0 Å². The van der Waals surface area contributed by atoms with Gasteiger partial charge in [0, 0.05) is 38.3 Å². The SMILES string of the molecule is Cc1ccc(NC(=O)CCS(=O)(=O)N2CCNCC2)cc1C. The quantitative estimate of drug-likeness (QED) is 0.842. The maximum atomic E-state index is 12.2. The van der Waals surface area contributed by atoms with Crippen molar-refractivity contribution in [1.29, 1.82) is 0 Å². The van der Waals surface area contributed by atoms with E-state index in [0.29, 0.717) is 31.9 Å². The molecule has 6 nitrogen and oxygen atoms in total. The zero-order chi connectivity index (χ0) is 16.2. The lowest BCUT2D eigenvalue weighted by Gasteiger charge is -2.26. The van der Waals surface area contributed by atoms with Crippen molar-refractivity contribution in [1.82, 2.24) is 9.62 Å². The van der Waals surface area contributed by atoms with E-state index in [0.717, 1.165) is 11.1 Å². The highest BCUT2D eigenvalue weighted by molar-refractivity contribution is 7.89. The van der Waals surface area contributed by atoms with E-state index in [-0.39, 0.29) is 18.1 Å². The maximum absolute atomic E-state index is 12.2. The predicted octanol–water partition coefficient (Wildman–Crippen LogP) is 0.867. The van der Waals surface area contributed by atoms with Crippen LogP contribution in [0.5, 0.6) is 0 Å². The van der Waals surface area contributed by atoms with E-state index < -0.39 is 10.0 Å². The Kier molecular flexibility index (Phi) is 5.55. The summed E-state index contributed by atoms with van der Waals surface area (Å²) >= 11 is 0. The number of aryl methyl sites for hydroxylation is 2. The summed E-state index contributed by atoms with van der Waals surface area (Å²) in [5, 5.41) is 5.86. The summed E-state index contributed by atoms with van der Waals surface area (Å²) in [5.41, 5.74) is 2.94. The Hall–Kier alpha value is -1.44. The predicted molar refractivity (Wildman–Crippen MR) is 87.4 cm³/mol. The minimum Gasteiger partial charge on any atom is -0.326 e. The number of benzene rings is 1. The molecular weight excluding hydrogens is 302 g/mol. The van der Waals surface area contributed by atoms with Crippen molar-refractivity contribution >= 4 is 21.6 Å². The molecule has 0 aromatic heterocycles. The van der Waals surface area contributed by atoms with Crippen molar-refractivity contribution < 1.29 is 13.2 Å². The molecule has 1 aliphatic rings. The first-order chi connectivity index (χ1) is 10.4. The molecule has 7 heteroatoms. The van der Waals surface area contributed by atoms with Crippen molar-refractivity contribution in [3.63, 3.8) is 0 Å². The van der Waals surface area contributed by atoms with E-state index in [1.807, 2.05) is 32.0 Å². The Morgan fingerprint density at radius 3 is 2.55 bits per heavy atom. The summed E-state index contributed by atoms with van der Waals surface area (Å²) in [4.78, 5) is 11.9. The number of hydrogen-bond donors (Lipinski definition) is 2. The van der Waals surface area contributed by atoms with Crippen molar-refractivity contribution in [2.75, 3.05) is 37.2 Å². The van der Waals surface area contributed by atoms with Crippen LogP contribution in [0.3, 0.4) is 0 Å². The molecule has 0 spiro atoms. The second kappa shape index (κ2) is 7.21. The standard InChI is InChI=1S/C15H23N3O3S/c1-12-3-4-14(11-13(12)2)17-15(19)5-10-22(20,21)18-8-6-16-7-9-18/h3-4,11,16H,5-10H2,1-2H3,(H,17,19). The highest BCUT2D eigenvalue weighted by Crippen LogP contribution is 2.14. The molecular formula is C15H23N3O3S. The first-order valence-corrected chi connectivity index (χ1v) is 9.05. The van der Waals surface area contributed by atoms with Gasteiger partial charge in [0.1, 0.15) is 0 Å². The van der Waals surface area contributed by atoms with E-state index >= 15 is 0 Å². The molecule has 1 aliphatic heterocycles. The van der Waals surface area contributed by atoms with Gasteiger partial charge in [-0.3, -0.25) is 4.79 Å². The van der Waals surface area contributed by atoms with Gasteiger partial charge in [-0.05, 0) is 37.1 Å². The number of anilines is 1. The van der Waals surface area contributed by atoms with Crippen LogP contribution in [0.25, 0.3) is 0 Å². The zero-order valence-electron chi connectivity index (χ0n) is 13.1. The number of nitrogens with one attached hydrogen (secondary N) is 2. The van der Waals surface area contributed by atoms with Gasteiger partial charge in [-0.2, -0.15) is 4.31 Å². The molecule has 0 aliphatic carbocycles. The van der Waals surface area contributed by atoms with Gasteiger partial charge in [-0.25, -0.2) is 8.42 Å². The monoisotopic (exact) mass is 325 g/mol. The number of carbonyl (C=O) groups excluding carboxylic acids is 1. The van der Waals surface area contributed by atoms with E-state index in [1.165, 1.54) is 4.31 Å². The molecule has 2 rings (SSSR count). The third-order valence-corrected chi connectivity index (χ3v) is 5.72. The normalized spacial score (nSPS) is 16.5. The van der Waals surface area contributed by atoms with E-state index in [4.69, 9.17) is 0 Å². The topological polar surface area (TPSA) is 78.5 Å². The first-order valence-electron chi connectivity index (χ1n) is 7.44. The Morgan fingerprint density at radius 1 is 1.23 bits per heavy atom. The highest BCUT2D eigenvalue weighted by atomic mass is 32.2. The minimum atomic E-state index is -3.35. The second-order valence-corrected chi connectivity index (χ2v) is 7.65. The molecule has 122 valence electrons.